The van der Waals surface area contributed by atoms with Gasteiger partial charge in [0.15, 0.2) is 0 Å². The topological polar surface area (TPSA) is 100 Å². The number of aromatic nitrogens is 1. The third kappa shape index (κ3) is 8.71. The molecule has 0 aliphatic rings. The van der Waals surface area contributed by atoms with Gasteiger partial charge >= 0.3 is 0 Å². The van der Waals surface area contributed by atoms with E-state index < -0.39 is 11.8 Å². The van der Waals surface area contributed by atoms with Crippen molar-refractivity contribution in [3.05, 3.63) is 124 Å². The summed E-state index contributed by atoms with van der Waals surface area (Å²) in [5, 5.41) is 9.11. The molecule has 0 bridgehead atoms. The zero-order chi connectivity index (χ0) is 27.6. The Morgan fingerprint density at radius 3 is 2.21 bits per heavy atom. The van der Waals surface area contributed by atoms with E-state index in [9.17, 15) is 14.4 Å². The van der Waals surface area contributed by atoms with Gasteiger partial charge in [0.2, 0.25) is 5.91 Å². The molecule has 10 heteroatoms. The number of rotatable bonds is 9. The summed E-state index contributed by atoms with van der Waals surface area (Å²) in [5.74, 6) is -0.955. The molecule has 0 aliphatic carbocycles. The number of carbonyl (C=O) groups is 3. The summed E-state index contributed by atoms with van der Waals surface area (Å²) in [6.45, 7) is 0. The van der Waals surface area contributed by atoms with Crippen LogP contribution >= 0.6 is 35.0 Å². The lowest BCUT2D eigenvalue weighted by Gasteiger charge is -2.12. The van der Waals surface area contributed by atoms with Gasteiger partial charge in [0, 0.05) is 44.3 Å². The molecule has 0 atom stereocenters. The van der Waals surface area contributed by atoms with Crippen molar-refractivity contribution >= 4 is 70.1 Å². The van der Waals surface area contributed by atoms with E-state index in [1.54, 1.807) is 103 Å². The van der Waals surface area contributed by atoms with Gasteiger partial charge < -0.3 is 16.0 Å². The Hall–Kier alpha value is -4.11. The number of carbonyl (C=O) groups excluding carboxylic acids is 3. The maximum atomic E-state index is 13.1. The molecule has 0 spiro atoms. The minimum Gasteiger partial charge on any atom is -0.325 e. The Morgan fingerprint density at radius 1 is 0.821 bits per heavy atom. The van der Waals surface area contributed by atoms with Crippen molar-refractivity contribution in [2.45, 2.75) is 4.90 Å². The van der Waals surface area contributed by atoms with Gasteiger partial charge in [0.25, 0.3) is 11.8 Å². The lowest BCUT2D eigenvalue weighted by atomic mass is 10.2. The maximum Gasteiger partial charge on any atom is 0.272 e. The van der Waals surface area contributed by atoms with Crippen molar-refractivity contribution in [2.24, 2.45) is 0 Å². The number of nitrogens with zero attached hydrogens (tertiary/aromatic N) is 1. The number of hydrogen-bond donors (Lipinski definition) is 3. The standard InChI is InChI=1S/C29H22Cl2N4O3S/c30-21-14-22(31)16-24(15-21)33-27(36)18-39-25-10-8-23(9-11-25)34-29(38)26(13-19-5-4-12-32-17-19)35-28(37)20-6-2-1-3-7-20/h1-17H,18H2,(H,33,36)(H,34,38)(H,35,37)/b26-13-. The number of pyridine rings is 1. The van der Waals surface area contributed by atoms with Crippen LogP contribution < -0.4 is 16.0 Å². The number of nitrogens with one attached hydrogen (secondary N) is 3. The highest BCUT2D eigenvalue weighted by Crippen LogP contribution is 2.24. The van der Waals surface area contributed by atoms with Gasteiger partial charge in [-0.15, -0.1) is 11.8 Å². The third-order valence-electron chi connectivity index (χ3n) is 5.15. The number of anilines is 2. The Kier molecular flexibility index (Phi) is 9.74. The van der Waals surface area contributed by atoms with Crippen molar-refractivity contribution in [3.63, 3.8) is 0 Å². The smallest absolute Gasteiger partial charge is 0.272 e. The molecule has 1 heterocycles. The minimum atomic E-state index is -0.497. The summed E-state index contributed by atoms with van der Waals surface area (Å²) in [6, 6.07) is 24.0. The van der Waals surface area contributed by atoms with E-state index >= 15 is 0 Å². The highest BCUT2D eigenvalue weighted by molar-refractivity contribution is 8.00. The van der Waals surface area contributed by atoms with Crippen molar-refractivity contribution in [1.82, 2.24) is 10.3 Å². The van der Waals surface area contributed by atoms with Crippen LogP contribution in [0.15, 0.2) is 108 Å². The van der Waals surface area contributed by atoms with Crippen LogP contribution in [0.5, 0.6) is 0 Å². The van der Waals surface area contributed by atoms with Crippen molar-refractivity contribution in [1.29, 1.82) is 0 Å². The van der Waals surface area contributed by atoms with Crippen LogP contribution in [0.1, 0.15) is 15.9 Å². The number of thioether (sulfide) groups is 1. The zero-order valence-corrected chi connectivity index (χ0v) is 22.7. The number of amides is 3. The van der Waals surface area contributed by atoms with E-state index in [0.717, 1.165) is 4.90 Å². The van der Waals surface area contributed by atoms with Gasteiger partial charge in [0.1, 0.15) is 5.70 Å². The lowest BCUT2D eigenvalue weighted by Crippen LogP contribution is -2.30. The Bertz CT molecular complexity index is 1480. The highest BCUT2D eigenvalue weighted by Gasteiger charge is 2.15. The molecule has 3 aromatic carbocycles. The average molecular weight is 577 g/mol. The molecule has 0 aliphatic heterocycles. The van der Waals surface area contributed by atoms with Gasteiger partial charge in [-0.25, -0.2) is 0 Å². The molecule has 1 aromatic heterocycles. The lowest BCUT2D eigenvalue weighted by molar-refractivity contribution is -0.114. The fourth-order valence-corrected chi connectivity index (χ4v) is 4.60. The second-order valence-electron chi connectivity index (χ2n) is 8.14. The van der Waals surface area contributed by atoms with Gasteiger partial charge in [0.05, 0.1) is 5.75 Å². The van der Waals surface area contributed by atoms with Gasteiger partial charge in [-0.2, -0.15) is 0 Å². The molecule has 0 radical (unpaired) electrons. The summed E-state index contributed by atoms with van der Waals surface area (Å²) in [4.78, 5) is 43.0. The average Bonchev–Trinajstić information content (AvgIpc) is 2.92. The predicted molar refractivity (Wildman–Crippen MR) is 157 cm³/mol. The highest BCUT2D eigenvalue weighted by atomic mass is 35.5. The second kappa shape index (κ2) is 13.6. The third-order valence-corrected chi connectivity index (χ3v) is 6.60. The molecule has 196 valence electrons. The largest absolute Gasteiger partial charge is 0.325 e. The first-order valence-corrected chi connectivity index (χ1v) is 13.4. The predicted octanol–water partition coefficient (Wildman–Crippen LogP) is 6.53. The van der Waals surface area contributed by atoms with Crippen LogP contribution in [0.2, 0.25) is 10.0 Å². The number of benzene rings is 3. The Morgan fingerprint density at radius 2 is 1.54 bits per heavy atom. The van der Waals surface area contributed by atoms with Crippen molar-refractivity contribution < 1.29 is 14.4 Å². The quantitative estimate of drug-likeness (QED) is 0.155. The summed E-state index contributed by atoms with van der Waals surface area (Å²) in [5.41, 5.74) is 2.18. The molecule has 0 unspecified atom stereocenters. The molecule has 7 nitrogen and oxygen atoms in total. The maximum absolute atomic E-state index is 13.1. The van der Waals surface area contributed by atoms with E-state index in [-0.39, 0.29) is 17.4 Å². The number of hydrogen-bond acceptors (Lipinski definition) is 5. The summed E-state index contributed by atoms with van der Waals surface area (Å²) >= 11 is 13.3. The summed E-state index contributed by atoms with van der Waals surface area (Å²) in [7, 11) is 0. The normalized spacial score (nSPS) is 11.0. The van der Waals surface area contributed by atoms with E-state index in [1.165, 1.54) is 11.8 Å². The van der Waals surface area contributed by atoms with E-state index in [1.807, 2.05) is 0 Å². The van der Waals surface area contributed by atoms with Gasteiger partial charge in [-0.05, 0) is 72.3 Å². The van der Waals surface area contributed by atoms with Crippen molar-refractivity contribution in [2.75, 3.05) is 16.4 Å². The first-order valence-electron chi connectivity index (χ1n) is 11.6. The molecule has 0 saturated heterocycles. The molecule has 0 fully saturated rings. The Labute approximate surface area is 239 Å². The minimum absolute atomic E-state index is 0.0631. The molecule has 39 heavy (non-hydrogen) atoms. The van der Waals surface area contributed by atoms with Crippen LogP contribution in [0.3, 0.4) is 0 Å². The van der Waals surface area contributed by atoms with E-state index in [0.29, 0.717) is 32.5 Å². The fourth-order valence-electron chi connectivity index (χ4n) is 3.38. The number of halogens is 2. The van der Waals surface area contributed by atoms with E-state index in [4.69, 9.17) is 23.2 Å². The molecule has 0 saturated carbocycles. The first kappa shape index (κ1) is 27.9. The molecule has 4 aromatic rings. The monoisotopic (exact) mass is 576 g/mol. The summed E-state index contributed by atoms with van der Waals surface area (Å²) in [6.07, 6.45) is 4.76. The van der Waals surface area contributed by atoms with Crippen molar-refractivity contribution in [3.8, 4) is 0 Å². The van der Waals surface area contributed by atoms with Gasteiger partial charge in [-0.1, -0.05) is 47.5 Å². The molecular formula is C29H22Cl2N4O3S. The second-order valence-corrected chi connectivity index (χ2v) is 10.1. The Balaban J connectivity index is 1.38. The van der Waals surface area contributed by atoms with Gasteiger partial charge in [-0.3, -0.25) is 19.4 Å². The molecule has 3 N–H and O–H groups in total. The molecular weight excluding hydrogens is 555 g/mol. The van der Waals surface area contributed by atoms with Crippen LogP contribution in [0, 0.1) is 0 Å². The summed E-state index contributed by atoms with van der Waals surface area (Å²) < 4.78 is 0. The van der Waals surface area contributed by atoms with Crippen LogP contribution in [-0.2, 0) is 9.59 Å². The van der Waals surface area contributed by atoms with Crippen LogP contribution in [-0.4, -0.2) is 28.5 Å². The zero-order valence-electron chi connectivity index (χ0n) is 20.4. The molecule has 3 amide bonds. The van der Waals surface area contributed by atoms with Crippen LogP contribution in [0.25, 0.3) is 6.08 Å². The molecule has 4 rings (SSSR count). The first-order chi connectivity index (χ1) is 18.9. The fraction of sp³-hybridized carbons (Fsp3) is 0.0345. The SMILES string of the molecule is O=C(CSc1ccc(NC(=O)/C(=C/c2cccnc2)NC(=O)c2ccccc2)cc1)Nc1cc(Cl)cc(Cl)c1. The van der Waals surface area contributed by atoms with Crippen LogP contribution in [0.4, 0.5) is 11.4 Å². The van der Waals surface area contributed by atoms with E-state index in [2.05, 4.69) is 20.9 Å².